The summed E-state index contributed by atoms with van der Waals surface area (Å²) in [4.78, 5) is 3.96. The van der Waals surface area contributed by atoms with Crippen LogP contribution in [-0.2, 0) is 13.2 Å². The van der Waals surface area contributed by atoms with Gasteiger partial charge in [-0.3, -0.25) is 4.98 Å². The number of aromatic nitrogens is 4. The van der Waals surface area contributed by atoms with E-state index in [0.717, 1.165) is 0 Å². The highest BCUT2D eigenvalue weighted by atomic mass is 19.1. The molecule has 1 N–H and O–H groups in total. The van der Waals surface area contributed by atoms with E-state index < -0.39 is 0 Å². The van der Waals surface area contributed by atoms with E-state index in [9.17, 15) is 9.50 Å². The first-order valence-corrected chi connectivity index (χ1v) is 6.61. The fraction of sp³-hybridized carbons (Fsp3) is 0.133. The molecule has 0 aliphatic heterocycles. The first kappa shape index (κ1) is 14.0. The smallest absolute Gasteiger partial charge is 0.146 e. The van der Waals surface area contributed by atoms with Crippen molar-refractivity contribution in [1.29, 1.82) is 0 Å². The second-order valence-electron chi connectivity index (χ2n) is 4.63. The SMILES string of the molecule is Oc1cccc(OCc2cn(Cc3ncccc3F)nn2)c1. The van der Waals surface area contributed by atoms with E-state index in [1.807, 2.05) is 0 Å². The zero-order valence-corrected chi connectivity index (χ0v) is 11.6. The molecule has 2 aromatic heterocycles. The fourth-order valence-corrected chi connectivity index (χ4v) is 1.90. The predicted molar refractivity (Wildman–Crippen MR) is 75.8 cm³/mol. The molecular formula is C15H13FN4O2. The molecule has 0 aliphatic rings. The lowest BCUT2D eigenvalue weighted by Crippen LogP contribution is -2.04. The lowest BCUT2D eigenvalue weighted by atomic mass is 10.3. The van der Waals surface area contributed by atoms with Crippen LogP contribution in [0.2, 0.25) is 0 Å². The van der Waals surface area contributed by atoms with Crippen LogP contribution in [0.1, 0.15) is 11.4 Å². The molecule has 0 unspecified atom stereocenters. The number of phenolic OH excluding ortho intramolecular Hbond substituents is 1. The largest absolute Gasteiger partial charge is 0.508 e. The highest BCUT2D eigenvalue weighted by molar-refractivity contribution is 5.31. The standard InChI is InChI=1S/C15H13FN4O2/c16-14-5-2-6-17-15(14)9-20-8-11(18-19-20)10-22-13-4-1-3-12(21)7-13/h1-8,21H,9-10H2. The fourth-order valence-electron chi connectivity index (χ4n) is 1.90. The maximum absolute atomic E-state index is 13.5. The molecule has 0 spiro atoms. The highest BCUT2D eigenvalue weighted by Gasteiger charge is 2.07. The third-order valence-corrected chi connectivity index (χ3v) is 2.94. The maximum Gasteiger partial charge on any atom is 0.146 e. The molecule has 0 fully saturated rings. The summed E-state index contributed by atoms with van der Waals surface area (Å²) in [6.07, 6.45) is 3.19. The van der Waals surface area contributed by atoms with E-state index in [-0.39, 0.29) is 24.7 Å². The van der Waals surface area contributed by atoms with Gasteiger partial charge in [-0.25, -0.2) is 9.07 Å². The van der Waals surface area contributed by atoms with Gasteiger partial charge >= 0.3 is 0 Å². The van der Waals surface area contributed by atoms with Gasteiger partial charge in [-0.05, 0) is 24.3 Å². The van der Waals surface area contributed by atoms with E-state index in [2.05, 4.69) is 15.3 Å². The number of benzene rings is 1. The Hall–Kier alpha value is -2.96. The minimum atomic E-state index is -0.379. The molecule has 3 rings (SSSR count). The van der Waals surface area contributed by atoms with Crippen LogP contribution in [0.5, 0.6) is 11.5 Å². The van der Waals surface area contributed by atoms with Gasteiger partial charge in [0.05, 0.1) is 18.4 Å². The van der Waals surface area contributed by atoms with Crippen LogP contribution < -0.4 is 4.74 Å². The van der Waals surface area contributed by atoms with Crippen molar-refractivity contribution in [3.63, 3.8) is 0 Å². The second-order valence-corrected chi connectivity index (χ2v) is 4.63. The second kappa shape index (κ2) is 6.21. The molecule has 0 saturated carbocycles. The molecule has 0 radical (unpaired) electrons. The van der Waals surface area contributed by atoms with Gasteiger partial charge in [0.2, 0.25) is 0 Å². The minimum absolute atomic E-state index is 0.131. The number of rotatable bonds is 5. The lowest BCUT2D eigenvalue weighted by Gasteiger charge is -2.03. The van der Waals surface area contributed by atoms with Crippen LogP contribution in [0, 0.1) is 5.82 Å². The monoisotopic (exact) mass is 300 g/mol. The van der Waals surface area contributed by atoms with Gasteiger partial charge in [-0.2, -0.15) is 0 Å². The molecule has 0 saturated heterocycles. The van der Waals surface area contributed by atoms with Gasteiger partial charge in [-0.15, -0.1) is 5.10 Å². The Kier molecular flexibility index (Phi) is 3.95. The van der Waals surface area contributed by atoms with Crippen LogP contribution in [-0.4, -0.2) is 25.1 Å². The van der Waals surface area contributed by atoms with Gasteiger partial charge < -0.3 is 9.84 Å². The van der Waals surface area contributed by atoms with Gasteiger partial charge in [0.1, 0.15) is 29.6 Å². The van der Waals surface area contributed by atoms with Crippen molar-refractivity contribution >= 4 is 0 Å². The molecule has 22 heavy (non-hydrogen) atoms. The molecule has 6 nitrogen and oxygen atoms in total. The summed E-state index contributed by atoms with van der Waals surface area (Å²) in [5, 5.41) is 17.2. The lowest BCUT2D eigenvalue weighted by molar-refractivity contribution is 0.299. The average molecular weight is 300 g/mol. The zero-order chi connectivity index (χ0) is 15.4. The normalized spacial score (nSPS) is 10.6. The van der Waals surface area contributed by atoms with Crippen LogP contribution in [0.25, 0.3) is 0 Å². The van der Waals surface area contributed by atoms with E-state index >= 15 is 0 Å². The summed E-state index contributed by atoms with van der Waals surface area (Å²) in [6.45, 7) is 0.403. The van der Waals surface area contributed by atoms with E-state index in [1.54, 1.807) is 24.4 Å². The first-order valence-electron chi connectivity index (χ1n) is 6.61. The molecule has 3 aromatic rings. The van der Waals surface area contributed by atoms with E-state index in [1.165, 1.54) is 29.1 Å². The average Bonchev–Trinajstić information content (AvgIpc) is 2.95. The predicted octanol–water partition coefficient (Wildman–Crippen LogP) is 2.15. The number of pyridine rings is 1. The molecule has 0 aliphatic carbocycles. The van der Waals surface area contributed by atoms with Crippen molar-refractivity contribution < 1.29 is 14.2 Å². The van der Waals surface area contributed by atoms with Crippen LogP contribution >= 0.6 is 0 Å². The Labute approximate surface area is 125 Å². The Bertz CT molecular complexity index is 775. The third kappa shape index (κ3) is 3.38. The molecule has 7 heteroatoms. The van der Waals surface area contributed by atoms with Gasteiger partial charge in [0, 0.05) is 12.3 Å². The number of hydrogen-bond donors (Lipinski definition) is 1. The van der Waals surface area contributed by atoms with Gasteiger partial charge in [0.25, 0.3) is 0 Å². The van der Waals surface area contributed by atoms with Gasteiger partial charge in [0.15, 0.2) is 0 Å². The number of halogens is 1. The van der Waals surface area contributed by atoms with E-state index in [4.69, 9.17) is 4.74 Å². The number of aromatic hydroxyl groups is 1. The summed E-state index contributed by atoms with van der Waals surface area (Å²) in [5.74, 6) is 0.285. The van der Waals surface area contributed by atoms with Gasteiger partial charge in [-0.1, -0.05) is 11.3 Å². The Balaban J connectivity index is 1.63. The van der Waals surface area contributed by atoms with Crippen molar-refractivity contribution in [3.05, 3.63) is 66.0 Å². The Morgan fingerprint density at radius 1 is 1.23 bits per heavy atom. The van der Waals surface area contributed by atoms with Crippen LogP contribution in [0.15, 0.2) is 48.8 Å². The van der Waals surface area contributed by atoms with Crippen molar-refractivity contribution in [1.82, 2.24) is 20.0 Å². The number of ether oxygens (including phenoxy) is 1. The minimum Gasteiger partial charge on any atom is -0.508 e. The molecular weight excluding hydrogens is 287 g/mol. The summed E-state index contributed by atoms with van der Waals surface area (Å²) in [7, 11) is 0. The zero-order valence-electron chi connectivity index (χ0n) is 11.6. The van der Waals surface area contributed by atoms with Crippen molar-refractivity contribution in [3.8, 4) is 11.5 Å². The summed E-state index contributed by atoms with van der Waals surface area (Å²) in [5.41, 5.74) is 0.896. The first-order chi connectivity index (χ1) is 10.7. The number of nitrogens with zero attached hydrogens (tertiary/aromatic N) is 4. The molecule has 0 bridgehead atoms. The molecule has 0 amide bonds. The van der Waals surface area contributed by atoms with E-state index in [0.29, 0.717) is 17.1 Å². The maximum atomic E-state index is 13.5. The van der Waals surface area contributed by atoms with Crippen LogP contribution in [0.4, 0.5) is 4.39 Å². The molecule has 112 valence electrons. The summed E-state index contributed by atoms with van der Waals surface area (Å²) >= 11 is 0. The molecule has 2 heterocycles. The Morgan fingerprint density at radius 3 is 2.95 bits per heavy atom. The quantitative estimate of drug-likeness (QED) is 0.781. The highest BCUT2D eigenvalue weighted by Crippen LogP contribution is 2.18. The van der Waals surface area contributed by atoms with Crippen molar-refractivity contribution in [2.75, 3.05) is 0 Å². The van der Waals surface area contributed by atoms with Crippen LogP contribution in [0.3, 0.4) is 0 Å². The number of hydrogen-bond acceptors (Lipinski definition) is 5. The molecule has 1 aromatic carbocycles. The summed E-state index contributed by atoms with van der Waals surface area (Å²) < 4.78 is 20.5. The summed E-state index contributed by atoms with van der Waals surface area (Å²) in [6, 6.07) is 9.37. The Morgan fingerprint density at radius 2 is 2.14 bits per heavy atom. The topological polar surface area (TPSA) is 73.1 Å². The van der Waals surface area contributed by atoms with Crippen molar-refractivity contribution in [2.45, 2.75) is 13.2 Å². The molecule has 0 atom stereocenters. The number of phenols is 1. The third-order valence-electron chi connectivity index (χ3n) is 2.94. The van der Waals surface area contributed by atoms with Crippen molar-refractivity contribution in [2.24, 2.45) is 0 Å².